The number of hydrogen-bond donors (Lipinski definition) is 2. The molecule has 1 aliphatic carbocycles. The fourth-order valence-corrected chi connectivity index (χ4v) is 5.69. The van der Waals surface area contributed by atoms with Gasteiger partial charge >= 0.3 is 0 Å². The lowest BCUT2D eigenvalue weighted by Gasteiger charge is -2.43. The number of hydrogen-bond acceptors (Lipinski definition) is 6. The van der Waals surface area contributed by atoms with E-state index < -0.39 is 6.10 Å². The second-order valence-corrected chi connectivity index (χ2v) is 10.0. The van der Waals surface area contributed by atoms with Gasteiger partial charge in [0.25, 0.3) is 0 Å². The number of β-amino-alcohol motifs (C(OH)–C–C–N with tert-alkyl or cyclic N) is 1. The van der Waals surface area contributed by atoms with Crippen LogP contribution >= 0.6 is 0 Å². The maximum Gasteiger partial charge on any atom is 0.240 e. The van der Waals surface area contributed by atoms with Crippen LogP contribution in [0.25, 0.3) is 0 Å². The molecule has 7 heteroatoms. The minimum absolute atomic E-state index is 0.0412. The highest BCUT2D eigenvalue weighted by atomic mass is 16.5. The third-order valence-corrected chi connectivity index (χ3v) is 7.59. The molecule has 2 saturated heterocycles. The van der Waals surface area contributed by atoms with Gasteiger partial charge in [-0.1, -0.05) is 30.3 Å². The van der Waals surface area contributed by atoms with E-state index in [1.54, 1.807) is 7.11 Å². The zero-order valence-electron chi connectivity index (χ0n) is 20.6. The third kappa shape index (κ3) is 5.57. The van der Waals surface area contributed by atoms with E-state index in [9.17, 15) is 9.90 Å². The van der Waals surface area contributed by atoms with E-state index in [4.69, 9.17) is 9.47 Å². The molecule has 3 fully saturated rings. The number of ether oxygens (including phenoxy) is 2. The molecule has 2 aliphatic heterocycles. The zero-order chi connectivity index (χ0) is 24.2. The average Bonchev–Trinajstić information content (AvgIpc) is 3.56. The van der Waals surface area contributed by atoms with E-state index in [0.29, 0.717) is 19.5 Å². The van der Waals surface area contributed by atoms with Gasteiger partial charge in [-0.15, -0.1) is 0 Å². The Kier molecular flexibility index (Phi) is 7.44. The first kappa shape index (κ1) is 23.9. The topological polar surface area (TPSA) is 74.3 Å². The van der Waals surface area contributed by atoms with Crippen LogP contribution in [0.2, 0.25) is 0 Å². The van der Waals surface area contributed by atoms with Crippen LogP contribution in [0.1, 0.15) is 37.7 Å². The summed E-state index contributed by atoms with van der Waals surface area (Å²) in [4.78, 5) is 17.8. The van der Waals surface area contributed by atoms with Gasteiger partial charge in [-0.05, 0) is 56.2 Å². The summed E-state index contributed by atoms with van der Waals surface area (Å²) in [5.74, 6) is 1.67. The molecular formula is C28H37N3O4. The molecule has 188 valence electrons. The largest absolute Gasteiger partial charge is 0.493 e. The number of piperazine rings is 1. The van der Waals surface area contributed by atoms with E-state index in [0.717, 1.165) is 49.5 Å². The van der Waals surface area contributed by atoms with Gasteiger partial charge in [0.2, 0.25) is 5.91 Å². The summed E-state index contributed by atoms with van der Waals surface area (Å²) >= 11 is 0. The summed E-state index contributed by atoms with van der Waals surface area (Å²) in [5.41, 5.74) is 2.31. The van der Waals surface area contributed by atoms with Gasteiger partial charge in [-0.3, -0.25) is 4.79 Å². The van der Waals surface area contributed by atoms with Crippen LogP contribution in [-0.4, -0.2) is 73.5 Å². The number of benzene rings is 2. The number of anilines is 1. The summed E-state index contributed by atoms with van der Waals surface area (Å²) in [5, 5.41) is 13.1. The molecule has 0 spiro atoms. The van der Waals surface area contributed by atoms with Crippen LogP contribution in [0, 0.1) is 0 Å². The van der Waals surface area contributed by atoms with Crippen molar-refractivity contribution in [3.05, 3.63) is 54.1 Å². The highest BCUT2D eigenvalue weighted by Crippen LogP contribution is 2.36. The number of methoxy groups -OCH3 is 1. The molecule has 0 bridgehead atoms. The molecule has 0 unspecified atom stereocenters. The smallest absolute Gasteiger partial charge is 0.240 e. The first-order valence-electron chi connectivity index (χ1n) is 13.0. The Morgan fingerprint density at radius 2 is 1.89 bits per heavy atom. The Morgan fingerprint density at radius 3 is 2.60 bits per heavy atom. The molecule has 3 aliphatic rings. The van der Waals surface area contributed by atoms with Gasteiger partial charge in [0.05, 0.1) is 31.4 Å². The lowest BCUT2D eigenvalue weighted by atomic mass is 10.00. The molecule has 0 radical (unpaired) electrons. The second-order valence-electron chi connectivity index (χ2n) is 10.0. The Hall–Kier alpha value is -2.77. The van der Waals surface area contributed by atoms with E-state index >= 15 is 0 Å². The molecule has 1 amide bonds. The molecule has 0 aromatic heterocycles. The molecule has 2 N–H and O–H groups in total. The number of aliphatic hydroxyl groups is 1. The van der Waals surface area contributed by atoms with E-state index in [2.05, 4.69) is 34.5 Å². The van der Waals surface area contributed by atoms with Gasteiger partial charge in [-0.25, -0.2) is 0 Å². The normalized spacial score (nSPS) is 25.1. The predicted molar refractivity (Wildman–Crippen MR) is 136 cm³/mol. The van der Waals surface area contributed by atoms with Crippen LogP contribution in [0.3, 0.4) is 0 Å². The van der Waals surface area contributed by atoms with Crippen molar-refractivity contribution in [3.8, 4) is 11.5 Å². The quantitative estimate of drug-likeness (QED) is 0.636. The van der Waals surface area contributed by atoms with E-state index in [-0.39, 0.29) is 24.1 Å². The lowest BCUT2D eigenvalue weighted by molar-refractivity contribution is -0.136. The molecule has 2 aromatic carbocycles. The number of nitrogens with one attached hydrogen (secondary N) is 1. The fourth-order valence-electron chi connectivity index (χ4n) is 5.69. The SMILES string of the molecule is COc1ccc(N2CCN(C(=O)[C@H]3C[C@@H](O)CN3)[C@@H](Cc3ccccc3)C2)cc1OC1CCCC1. The van der Waals surface area contributed by atoms with E-state index in [1.807, 2.05) is 29.2 Å². The molecule has 3 atom stereocenters. The van der Waals surface area contributed by atoms with Gasteiger partial charge in [0.1, 0.15) is 0 Å². The van der Waals surface area contributed by atoms with Gasteiger partial charge in [0.15, 0.2) is 11.5 Å². The Balaban J connectivity index is 1.35. The van der Waals surface area contributed by atoms with Gasteiger partial charge < -0.3 is 29.7 Å². The van der Waals surface area contributed by atoms with Crippen molar-refractivity contribution in [2.24, 2.45) is 0 Å². The van der Waals surface area contributed by atoms with Crippen molar-refractivity contribution in [2.45, 2.75) is 62.8 Å². The summed E-state index contributed by atoms with van der Waals surface area (Å²) < 4.78 is 11.9. The fraction of sp³-hybridized carbons (Fsp3) is 0.536. The lowest BCUT2D eigenvalue weighted by Crippen LogP contribution is -2.59. The highest BCUT2D eigenvalue weighted by molar-refractivity contribution is 5.83. The molecule has 5 rings (SSSR count). The van der Waals surface area contributed by atoms with Crippen molar-refractivity contribution in [2.75, 3.05) is 38.2 Å². The maximum absolute atomic E-state index is 13.4. The predicted octanol–water partition coefficient (Wildman–Crippen LogP) is 3.00. The van der Waals surface area contributed by atoms with Crippen LogP contribution < -0.4 is 19.7 Å². The molecule has 7 nitrogen and oxygen atoms in total. The van der Waals surface area contributed by atoms with Gasteiger partial charge in [0, 0.05) is 37.9 Å². The average molecular weight is 480 g/mol. The number of amides is 1. The number of rotatable bonds is 7. The second kappa shape index (κ2) is 10.9. The Labute approximate surface area is 208 Å². The summed E-state index contributed by atoms with van der Waals surface area (Å²) in [7, 11) is 1.69. The molecule has 35 heavy (non-hydrogen) atoms. The third-order valence-electron chi connectivity index (χ3n) is 7.59. The molecule has 2 heterocycles. The maximum atomic E-state index is 13.4. The first-order chi connectivity index (χ1) is 17.1. The Morgan fingerprint density at radius 1 is 1.09 bits per heavy atom. The number of aliphatic hydroxyl groups excluding tert-OH is 1. The summed E-state index contributed by atoms with van der Waals surface area (Å²) in [6, 6.07) is 16.3. The zero-order valence-corrected chi connectivity index (χ0v) is 20.6. The van der Waals surface area contributed by atoms with Crippen LogP contribution in [0.5, 0.6) is 11.5 Å². The Bertz CT molecular complexity index is 995. The monoisotopic (exact) mass is 479 g/mol. The van der Waals surface area contributed by atoms with Gasteiger partial charge in [-0.2, -0.15) is 0 Å². The summed E-state index contributed by atoms with van der Waals surface area (Å²) in [6.45, 7) is 2.62. The van der Waals surface area contributed by atoms with Crippen molar-refractivity contribution in [1.82, 2.24) is 10.2 Å². The van der Waals surface area contributed by atoms with Crippen molar-refractivity contribution >= 4 is 11.6 Å². The van der Waals surface area contributed by atoms with Crippen LogP contribution in [0.4, 0.5) is 5.69 Å². The van der Waals surface area contributed by atoms with Crippen molar-refractivity contribution in [1.29, 1.82) is 0 Å². The standard InChI is InChI=1S/C28H37N3O4/c1-34-26-12-11-21(16-27(26)35-24-9-5-6-10-24)30-13-14-31(28(33)25-17-23(32)18-29-25)22(19-30)15-20-7-3-2-4-8-20/h2-4,7-8,11-12,16,22-25,29,32H,5-6,9-10,13-15,17-19H2,1H3/t22-,23+,25+/m0/s1. The van der Waals surface area contributed by atoms with Crippen LogP contribution in [0.15, 0.2) is 48.5 Å². The molecular weight excluding hydrogens is 442 g/mol. The van der Waals surface area contributed by atoms with E-state index in [1.165, 1.54) is 18.4 Å². The van der Waals surface area contributed by atoms with Crippen molar-refractivity contribution in [3.63, 3.8) is 0 Å². The summed E-state index contributed by atoms with van der Waals surface area (Å²) in [6.07, 6.45) is 5.71. The molecule has 1 saturated carbocycles. The number of carbonyl (C=O) groups excluding carboxylic acids is 1. The molecule has 2 aromatic rings. The number of carbonyl (C=O) groups is 1. The van der Waals surface area contributed by atoms with Crippen molar-refractivity contribution < 1.29 is 19.4 Å². The minimum atomic E-state index is -0.449. The highest BCUT2D eigenvalue weighted by Gasteiger charge is 2.37. The van der Waals surface area contributed by atoms with Crippen LogP contribution in [-0.2, 0) is 11.2 Å². The first-order valence-corrected chi connectivity index (χ1v) is 13.0. The number of nitrogens with zero attached hydrogens (tertiary/aromatic N) is 2. The minimum Gasteiger partial charge on any atom is -0.493 e.